The van der Waals surface area contributed by atoms with Crippen LogP contribution in [0.3, 0.4) is 0 Å². The molecule has 11 nitrogen and oxygen atoms in total. The zero-order chi connectivity index (χ0) is 30.4. The number of piperidine rings is 1. The van der Waals surface area contributed by atoms with Crippen molar-refractivity contribution in [1.82, 2.24) is 25.0 Å². The molecule has 0 aliphatic carbocycles. The van der Waals surface area contributed by atoms with Crippen molar-refractivity contribution >= 4 is 23.6 Å². The van der Waals surface area contributed by atoms with Crippen LogP contribution >= 0.6 is 0 Å². The predicted molar refractivity (Wildman–Crippen MR) is 158 cm³/mol. The van der Waals surface area contributed by atoms with Gasteiger partial charge in [0.05, 0.1) is 17.6 Å². The smallest absolute Gasteiger partial charge is 0.255 e. The van der Waals surface area contributed by atoms with E-state index in [1.165, 1.54) is 27.8 Å². The quantitative estimate of drug-likeness (QED) is 0.506. The fourth-order valence-electron chi connectivity index (χ4n) is 6.01. The molecule has 4 heterocycles. The molecule has 2 N–H and O–H groups in total. The Labute approximate surface area is 247 Å². The predicted octanol–water partition coefficient (Wildman–Crippen LogP) is 1.56. The first-order valence-electron chi connectivity index (χ1n) is 15.0. The molecule has 3 aliphatic rings. The second kappa shape index (κ2) is 13.7. The third kappa shape index (κ3) is 7.48. The molecule has 4 amide bonds. The summed E-state index contributed by atoms with van der Waals surface area (Å²) in [5.74, 6) is -0.407. The van der Waals surface area contributed by atoms with Gasteiger partial charge in [-0.25, -0.2) is 0 Å². The Morgan fingerprint density at radius 3 is 2.52 bits per heavy atom. The summed E-state index contributed by atoms with van der Waals surface area (Å²) in [7, 11) is 3.22. The maximum absolute atomic E-state index is 13.9. The SMILES string of the molecule is CC(C)C[C@H]1NC(=O)C2(C/C=C/C[C@@H]3COCC[C@@H]3NC1=O)CCN(C(=O)c1ccc(=O)n(CC(=O)N(C)C)c1)CC2. The minimum Gasteiger partial charge on any atom is -0.381 e. The first kappa shape index (κ1) is 31.5. The van der Waals surface area contributed by atoms with Crippen LogP contribution in [0.2, 0.25) is 0 Å². The molecule has 1 spiro atoms. The highest BCUT2D eigenvalue weighted by Crippen LogP contribution is 2.37. The van der Waals surface area contributed by atoms with Crippen molar-refractivity contribution in [2.45, 2.75) is 71.0 Å². The van der Waals surface area contributed by atoms with Crippen molar-refractivity contribution in [3.8, 4) is 0 Å². The summed E-state index contributed by atoms with van der Waals surface area (Å²) in [5.41, 5.74) is -0.790. The summed E-state index contributed by atoms with van der Waals surface area (Å²) in [6.07, 6.45) is 9.05. The topological polar surface area (TPSA) is 130 Å². The van der Waals surface area contributed by atoms with E-state index in [1.54, 1.807) is 19.0 Å². The Balaban J connectivity index is 1.51. The van der Waals surface area contributed by atoms with Crippen molar-refractivity contribution < 1.29 is 23.9 Å². The normalized spacial score (nSPS) is 25.5. The minimum atomic E-state index is -0.749. The largest absolute Gasteiger partial charge is 0.381 e. The van der Waals surface area contributed by atoms with Crippen LogP contribution in [0.1, 0.15) is 62.7 Å². The molecule has 1 aromatic heterocycles. The van der Waals surface area contributed by atoms with Crippen LogP contribution in [0, 0.1) is 17.3 Å². The van der Waals surface area contributed by atoms with E-state index in [9.17, 15) is 24.0 Å². The monoisotopic (exact) mass is 583 g/mol. The molecule has 4 rings (SSSR count). The maximum atomic E-state index is 13.9. The van der Waals surface area contributed by atoms with Crippen LogP contribution in [0.25, 0.3) is 0 Å². The molecule has 11 heteroatoms. The average molecular weight is 584 g/mol. The second-order valence-corrected chi connectivity index (χ2v) is 12.6. The van der Waals surface area contributed by atoms with E-state index in [-0.39, 0.29) is 53.6 Å². The Kier molecular flexibility index (Phi) is 10.2. The third-order valence-corrected chi connectivity index (χ3v) is 8.77. The molecule has 3 aliphatic heterocycles. The molecule has 0 unspecified atom stereocenters. The minimum absolute atomic E-state index is 0.0143. The number of allylic oxidation sites excluding steroid dienone is 2. The van der Waals surface area contributed by atoms with Gasteiger partial charge in [0.1, 0.15) is 12.6 Å². The highest BCUT2D eigenvalue weighted by atomic mass is 16.5. The molecule has 2 fully saturated rings. The summed E-state index contributed by atoms with van der Waals surface area (Å²) in [6, 6.07) is 2.16. The van der Waals surface area contributed by atoms with Gasteiger partial charge in [0.25, 0.3) is 11.5 Å². The molecule has 0 saturated carbocycles. The van der Waals surface area contributed by atoms with Gasteiger partial charge < -0.3 is 29.7 Å². The van der Waals surface area contributed by atoms with Crippen LogP contribution < -0.4 is 16.2 Å². The molecule has 3 atom stereocenters. The number of rotatable bonds is 5. The number of hydrogen-bond acceptors (Lipinski definition) is 6. The Bertz CT molecular complexity index is 1250. The van der Waals surface area contributed by atoms with Crippen molar-refractivity contribution in [2.24, 2.45) is 17.3 Å². The number of nitrogens with zero attached hydrogens (tertiary/aromatic N) is 3. The van der Waals surface area contributed by atoms with Crippen molar-refractivity contribution in [1.29, 1.82) is 0 Å². The summed E-state index contributed by atoms with van der Waals surface area (Å²) < 4.78 is 6.94. The summed E-state index contributed by atoms with van der Waals surface area (Å²) in [6.45, 7) is 5.84. The molecule has 1 aromatic rings. The lowest BCUT2D eigenvalue weighted by molar-refractivity contribution is -0.138. The van der Waals surface area contributed by atoms with Gasteiger partial charge in [0.2, 0.25) is 17.7 Å². The van der Waals surface area contributed by atoms with Crippen molar-refractivity contribution in [2.75, 3.05) is 40.4 Å². The van der Waals surface area contributed by atoms with Gasteiger partial charge >= 0.3 is 0 Å². The number of likely N-dealkylation sites (tertiary alicyclic amines) is 1. The van der Waals surface area contributed by atoms with Gasteiger partial charge in [0.15, 0.2) is 0 Å². The molecule has 0 bridgehead atoms. The summed E-state index contributed by atoms with van der Waals surface area (Å²) in [5, 5.41) is 6.30. The number of aromatic nitrogens is 1. The number of pyridine rings is 1. The van der Waals surface area contributed by atoms with Crippen LogP contribution in [-0.4, -0.2) is 90.5 Å². The van der Waals surface area contributed by atoms with Gasteiger partial charge in [-0.3, -0.25) is 24.0 Å². The van der Waals surface area contributed by atoms with Crippen molar-refractivity contribution in [3.63, 3.8) is 0 Å². The molecular weight excluding hydrogens is 538 g/mol. The Morgan fingerprint density at radius 1 is 1.10 bits per heavy atom. The molecule has 2 saturated heterocycles. The molecule has 42 heavy (non-hydrogen) atoms. The molecule has 230 valence electrons. The molecular formula is C31H45N5O6. The van der Waals surface area contributed by atoms with E-state index in [1.807, 2.05) is 13.8 Å². The number of amides is 4. The van der Waals surface area contributed by atoms with E-state index < -0.39 is 11.5 Å². The van der Waals surface area contributed by atoms with E-state index in [4.69, 9.17) is 4.74 Å². The first-order chi connectivity index (χ1) is 20.0. The average Bonchev–Trinajstić information content (AvgIpc) is 2.96. The zero-order valence-corrected chi connectivity index (χ0v) is 25.3. The summed E-state index contributed by atoms with van der Waals surface area (Å²) >= 11 is 0. The number of likely N-dealkylation sites (N-methyl/N-ethyl adjacent to an activating group) is 1. The van der Waals surface area contributed by atoms with E-state index in [0.29, 0.717) is 57.6 Å². The van der Waals surface area contributed by atoms with E-state index in [2.05, 4.69) is 22.8 Å². The lowest BCUT2D eigenvalue weighted by Gasteiger charge is -2.41. The molecule has 0 radical (unpaired) electrons. The number of carbonyl (C=O) groups excluding carboxylic acids is 4. The van der Waals surface area contributed by atoms with Crippen LogP contribution in [0.5, 0.6) is 0 Å². The standard InChI is InChI=1S/C31H45N5O6/c1-21(2)17-25-28(39)32-24-10-16-42-20-23(24)7-5-6-11-31(30(41)33-25)12-14-35(15-13-31)29(40)22-8-9-26(37)36(18-22)19-27(38)34(3)4/h5-6,8-9,18,21,23-25H,7,10-17,19-20H2,1-4H3,(H,32,39)(H,33,41)/b6-5+/t23-,24+,25-/m1/s1. The van der Waals surface area contributed by atoms with Crippen LogP contribution in [-0.2, 0) is 25.7 Å². The number of hydrogen-bond donors (Lipinski definition) is 2. The highest BCUT2D eigenvalue weighted by molar-refractivity contribution is 5.94. The lowest BCUT2D eigenvalue weighted by atomic mass is 9.74. The van der Waals surface area contributed by atoms with Crippen LogP contribution in [0.4, 0.5) is 0 Å². The van der Waals surface area contributed by atoms with Gasteiger partial charge in [-0.15, -0.1) is 0 Å². The van der Waals surface area contributed by atoms with E-state index in [0.717, 1.165) is 12.8 Å². The zero-order valence-electron chi connectivity index (χ0n) is 25.3. The maximum Gasteiger partial charge on any atom is 0.255 e. The summed E-state index contributed by atoms with van der Waals surface area (Å²) in [4.78, 5) is 68.3. The van der Waals surface area contributed by atoms with Gasteiger partial charge in [-0.05, 0) is 50.5 Å². The number of fused-ring (bicyclic) bond motifs is 1. The Hall–Kier alpha value is -3.47. The number of ether oxygens (including phenoxy) is 1. The Morgan fingerprint density at radius 2 is 1.83 bits per heavy atom. The van der Waals surface area contributed by atoms with Gasteiger partial charge in [-0.1, -0.05) is 26.0 Å². The fourth-order valence-corrected chi connectivity index (χ4v) is 6.01. The fraction of sp³-hybridized carbons (Fsp3) is 0.645. The van der Waals surface area contributed by atoms with E-state index >= 15 is 0 Å². The van der Waals surface area contributed by atoms with Gasteiger partial charge in [0, 0.05) is 58.0 Å². The first-order valence-corrected chi connectivity index (χ1v) is 15.0. The van der Waals surface area contributed by atoms with Crippen LogP contribution in [0.15, 0.2) is 35.3 Å². The highest BCUT2D eigenvalue weighted by Gasteiger charge is 2.43. The van der Waals surface area contributed by atoms with Gasteiger partial charge in [-0.2, -0.15) is 0 Å². The van der Waals surface area contributed by atoms with Crippen molar-refractivity contribution in [3.05, 3.63) is 46.4 Å². The number of carbonyl (C=O) groups is 4. The second-order valence-electron chi connectivity index (χ2n) is 12.6. The third-order valence-electron chi connectivity index (χ3n) is 8.77. The number of nitrogens with one attached hydrogen (secondary N) is 2. The lowest BCUT2D eigenvalue weighted by Crippen LogP contribution is -2.57. The molecule has 0 aromatic carbocycles.